The number of aliphatic hydroxyl groups is 1. The monoisotopic (exact) mass is 280 g/mol. The number of rotatable bonds is 5. The van der Waals surface area contributed by atoms with E-state index in [0.717, 1.165) is 31.0 Å². The third-order valence-corrected chi connectivity index (χ3v) is 4.50. The maximum atomic E-state index is 9.81. The molecule has 2 unspecified atom stereocenters. The number of imidazole rings is 1. The molecule has 1 aliphatic rings. The lowest BCUT2D eigenvalue weighted by molar-refractivity contribution is 0.0977. The summed E-state index contributed by atoms with van der Waals surface area (Å²) in [6.45, 7) is 3.25. The van der Waals surface area contributed by atoms with Gasteiger partial charge < -0.3 is 19.9 Å². The van der Waals surface area contributed by atoms with E-state index in [-0.39, 0.29) is 12.1 Å². The fourth-order valence-corrected chi connectivity index (χ4v) is 3.31. The molecule has 0 radical (unpaired) electrons. The first-order valence-corrected chi connectivity index (χ1v) is 7.51. The highest BCUT2D eigenvalue weighted by molar-refractivity contribution is 5.31. The molecule has 0 spiro atoms. The van der Waals surface area contributed by atoms with E-state index in [1.165, 1.54) is 12.8 Å². The predicted molar refractivity (Wildman–Crippen MR) is 81.8 cm³/mol. The van der Waals surface area contributed by atoms with E-state index < -0.39 is 0 Å². The van der Waals surface area contributed by atoms with Crippen LogP contribution in [0.4, 0.5) is 5.95 Å². The van der Waals surface area contributed by atoms with Gasteiger partial charge in [0.15, 0.2) is 0 Å². The Morgan fingerprint density at radius 2 is 2.30 bits per heavy atom. The topological polar surface area (TPSA) is 53.3 Å². The summed E-state index contributed by atoms with van der Waals surface area (Å²) in [4.78, 5) is 6.44. The van der Waals surface area contributed by atoms with Crippen LogP contribution in [0.2, 0.25) is 0 Å². The lowest BCUT2D eigenvalue weighted by Crippen LogP contribution is -2.51. The molecule has 1 aromatic rings. The molecule has 0 aromatic carbocycles. The van der Waals surface area contributed by atoms with Gasteiger partial charge in [-0.1, -0.05) is 19.8 Å². The molecule has 0 saturated heterocycles. The second-order valence-corrected chi connectivity index (χ2v) is 6.50. The smallest absolute Gasteiger partial charge is 0.204 e. The van der Waals surface area contributed by atoms with E-state index in [1.54, 1.807) is 0 Å². The van der Waals surface area contributed by atoms with Crippen molar-refractivity contribution in [3.05, 3.63) is 11.9 Å². The van der Waals surface area contributed by atoms with Crippen LogP contribution in [0.15, 0.2) is 6.20 Å². The number of hydrogen-bond acceptors (Lipinski definition) is 4. The SMILES string of the molecule is CC1CCCC(CO)(NCc2cnc(N(C)C)n2C)C1. The highest BCUT2D eigenvalue weighted by Crippen LogP contribution is 2.32. The predicted octanol–water partition coefficient (Wildman–Crippen LogP) is 1.52. The van der Waals surface area contributed by atoms with E-state index in [4.69, 9.17) is 0 Å². The Morgan fingerprint density at radius 1 is 1.55 bits per heavy atom. The van der Waals surface area contributed by atoms with Crippen molar-refractivity contribution in [3.63, 3.8) is 0 Å². The molecular formula is C15H28N4O. The zero-order valence-corrected chi connectivity index (χ0v) is 13.2. The summed E-state index contributed by atoms with van der Waals surface area (Å²) in [6, 6.07) is 0. The minimum absolute atomic E-state index is 0.111. The molecular weight excluding hydrogens is 252 g/mol. The molecule has 1 fully saturated rings. The van der Waals surface area contributed by atoms with Gasteiger partial charge in [-0.2, -0.15) is 0 Å². The van der Waals surface area contributed by atoms with Crippen molar-refractivity contribution in [2.45, 2.75) is 44.7 Å². The summed E-state index contributed by atoms with van der Waals surface area (Å²) in [5, 5.41) is 13.4. The van der Waals surface area contributed by atoms with Crippen molar-refractivity contribution in [1.82, 2.24) is 14.9 Å². The average molecular weight is 280 g/mol. The zero-order valence-electron chi connectivity index (χ0n) is 13.2. The van der Waals surface area contributed by atoms with Crippen LogP contribution in [0, 0.1) is 5.92 Å². The Labute approximate surface area is 122 Å². The average Bonchev–Trinajstić information content (AvgIpc) is 2.78. The molecule has 0 aliphatic heterocycles. The van der Waals surface area contributed by atoms with Crippen molar-refractivity contribution in [3.8, 4) is 0 Å². The summed E-state index contributed by atoms with van der Waals surface area (Å²) >= 11 is 0. The van der Waals surface area contributed by atoms with Crippen LogP contribution < -0.4 is 10.2 Å². The molecule has 1 saturated carbocycles. The summed E-state index contributed by atoms with van der Waals surface area (Å²) in [7, 11) is 6.03. The Balaban J connectivity index is 2.03. The van der Waals surface area contributed by atoms with Gasteiger partial charge in [-0.3, -0.25) is 0 Å². The Bertz CT molecular complexity index is 443. The lowest BCUT2D eigenvalue weighted by atomic mass is 9.77. The van der Waals surface area contributed by atoms with Crippen molar-refractivity contribution in [2.24, 2.45) is 13.0 Å². The van der Waals surface area contributed by atoms with Crippen LogP contribution >= 0.6 is 0 Å². The maximum Gasteiger partial charge on any atom is 0.204 e. The van der Waals surface area contributed by atoms with Gasteiger partial charge in [0, 0.05) is 33.2 Å². The van der Waals surface area contributed by atoms with Crippen molar-refractivity contribution in [2.75, 3.05) is 25.6 Å². The van der Waals surface area contributed by atoms with E-state index in [1.807, 2.05) is 32.2 Å². The first-order chi connectivity index (χ1) is 9.47. The molecule has 1 aromatic heterocycles. The molecule has 0 bridgehead atoms. The van der Waals surface area contributed by atoms with Gasteiger partial charge in [0.1, 0.15) is 0 Å². The van der Waals surface area contributed by atoms with Crippen LogP contribution in [0.1, 0.15) is 38.3 Å². The van der Waals surface area contributed by atoms with Gasteiger partial charge in [-0.15, -0.1) is 0 Å². The molecule has 2 N–H and O–H groups in total. The van der Waals surface area contributed by atoms with Crippen LogP contribution in [0.3, 0.4) is 0 Å². The number of nitrogens with zero attached hydrogens (tertiary/aromatic N) is 3. The van der Waals surface area contributed by atoms with Crippen LogP contribution in [-0.2, 0) is 13.6 Å². The summed E-state index contributed by atoms with van der Waals surface area (Å²) < 4.78 is 2.10. The van der Waals surface area contributed by atoms with Gasteiger partial charge in [-0.25, -0.2) is 4.98 Å². The number of nitrogens with one attached hydrogen (secondary N) is 1. The number of hydrogen-bond donors (Lipinski definition) is 2. The van der Waals surface area contributed by atoms with Gasteiger partial charge in [0.05, 0.1) is 18.5 Å². The minimum atomic E-state index is -0.111. The Morgan fingerprint density at radius 3 is 2.85 bits per heavy atom. The molecule has 114 valence electrons. The first kappa shape index (κ1) is 15.3. The quantitative estimate of drug-likeness (QED) is 0.858. The van der Waals surface area contributed by atoms with E-state index in [9.17, 15) is 5.11 Å². The van der Waals surface area contributed by atoms with Crippen molar-refractivity contribution in [1.29, 1.82) is 0 Å². The Hall–Kier alpha value is -1.07. The second-order valence-electron chi connectivity index (χ2n) is 6.50. The molecule has 20 heavy (non-hydrogen) atoms. The summed E-state index contributed by atoms with van der Waals surface area (Å²) in [5.74, 6) is 1.64. The van der Waals surface area contributed by atoms with Gasteiger partial charge in [-0.05, 0) is 18.8 Å². The number of anilines is 1. The van der Waals surface area contributed by atoms with Crippen LogP contribution in [0.5, 0.6) is 0 Å². The highest BCUT2D eigenvalue weighted by atomic mass is 16.3. The molecule has 1 aliphatic carbocycles. The summed E-state index contributed by atoms with van der Waals surface area (Å²) in [6.07, 6.45) is 6.51. The van der Waals surface area contributed by atoms with Crippen molar-refractivity contribution < 1.29 is 5.11 Å². The molecule has 5 heteroatoms. The molecule has 1 heterocycles. The number of aliphatic hydroxyl groups excluding tert-OH is 1. The van der Waals surface area contributed by atoms with E-state index in [2.05, 4.69) is 21.8 Å². The molecule has 5 nitrogen and oxygen atoms in total. The van der Waals surface area contributed by atoms with Gasteiger partial charge in [0.2, 0.25) is 5.95 Å². The third kappa shape index (κ3) is 3.15. The normalized spacial score (nSPS) is 26.8. The molecule has 2 rings (SSSR count). The minimum Gasteiger partial charge on any atom is -0.394 e. The standard InChI is InChI=1S/C15H28N4O/c1-12-6-5-7-15(8-12,11-20)17-10-13-9-16-14(18(2)3)19(13)4/h9,12,17,20H,5-8,10-11H2,1-4H3. The lowest BCUT2D eigenvalue weighted by Gasteiger charge is -2.39. The molecule has 2 atom stereocenters. The third-order valence-electron chi connectivity index (χ3n) is 4.50. The van der Waals surface area contributed by atoms with E-state index >= 15 is 0 Å². The number of aromatic nitrogens is 2. The summed E-state index contributed by atoms with van der Waals surface area (Å²) in [5.41, 5.74) is 1.04. The largest absolute Gasteiger partial charge is 0.394 e. The van der Waals surface area contributed by atoms with Gasteiger partial charge >= 0.3 is 0 Å². The fraction of sp³-hybridized carbons (Fsp3) is 0.800. The first-order valence-electron chi connectivity index (χ1n) is 7.51. The Kier molecular flexibility index (Phi) is 4.70. The van der Waals surface area contributed by atoms with Crippen LogP contribution in [0.25, 0.3) is 0 Å². The maximum absolute atomic E-state index is 9.81. The van der Waals surface area contributed by atoms with Crippen molar-refractivity contribution >= 4 is 5.95 Å². The van der Waals surface area contributed by atoms with E-state index in [0.29, 0.717) is 5.92 Å². The fourth-order valence-electron chi connectivity index (χ4n) is 3.31. The zero-order chi connectivity index (χ0) is 14.8. The second kappa shape index (κ2) is 6.14. The molecule has 0 amide bonds. The highest BCUT2D eigenvalue weighted by Gasteiger charge is 2.34. The van der Waals surface area contributed by atoms with Gasteiger partial charge in [0.25, 0.3) is 0 Å². The van der Waals surface area contributed by atoms with Crippen LogP contribution in [-0.4, -0.2) is 40.9 Å².